The number of aryl methyl sites for hydroxylation is 1. The molecule has 20 heavy (non-hydrogen) atoms. The number of carbonyl (C=O) groups excluding carboxylic acids is 1. The molecule has 2 rings (SSSR count). The second kappa shape index (κ2) is 5.60. The number of ether oxygens (including phenoxy) is 1. The van der Waals surface area contributed by atoms with Crippen LogP contribution in [0.5, 0.6) is 0 Å². The molecule has 108 valence electrons. The summed E-state index contributed by atoms with van der Waals surface area (Å²) >= 11 is 0. The number of anilines is 1. The van der Waals surface area contributed by atoms with Crippen molar-refractivity contribution in [1.29, 1.82) is 0 Å². The van der Waals surface area contributed by atoms with E-state index in [1.165, 1.54) is 6.07 Å². The van der Waals surface area contributed by atoms with Crippen LogP contribution in [0.15, 0.2) is 18.2 Å². The molecular weight excluding hydrogens is 260 g/mol. The van der Waals surface area contributed by atoms with Gasteiger partial charge >= 0.3 is 5.97 Å². The first-order valence-electron chi connectivity index (χ1n) is 6.44. The van der Waals surface area contributed by atoms with E-state index in [2.05, 4.69) is 5.32 Å². The van der Waals surface area contributed by atoms with Crippen LogP contribution in [0.4, 0.5) is 5.69 Å². The van der Waals surface area contributed by atoms with Crippen LogP contribution in [0, 0.1) is 6.92 Å². The van der Waals surface area contributed by atoms with Crippen LogP contribution in [0.2, 0.25) is 0 Å². The summed E-state index contributed by atoms with van der Waals surface area (Å²) in [5.41, 5.74) is 6.52. The fraction of sp³-hybridized carbons (Fsp3) is 0.429. The fourth-order valence-corrected chi connectivity index (χ4v) is 2.20. The summed E-state index contributed by atoms with van der Waals surface area (Å²) in [6.07, 6.45) is 0.954. The van der Waals surface area contributed by atoms with E-state index in [1.54, 1.807) is 19.1 Å². The van der Waals surface area contributed by atoms with E-state index in [1.807, 2.05) is 0 Å². The smallest absolute Gasteiger partial charge is 0.335 e. The van der Waals surface area contributed by atoms with Crippen LogP contribution in [-0.4, -0.2) is 35.7 Å². The number of hydrogen-bond donors (Lipinski definition) is 3. The minimum atomic E-state index is -0.986. The van der Waals surface area contributed by atoms with Gasteiger partial charge in [-0.2, -0.15) is 0 Å². The maximum atomic E-state index is 12.2. The predicted octanol–water partition coefficient (Wildman–Crippen LogP) is 1.14. The zero-order chi connectivity index (χ0) is 14.8. The Balaban J connectivity index is 2.12. The first-order chi connectivity index (χ1) is 9.42. The van der Waals surface area contributed by atoms with Crippen LogP contribution in [0.3, 0.4) is 0 Å². The molecule has 6 heteroatoms. The number of carbonyl (C=O) groups is 2. The van der Waals surface area contributed by atoms with E-state index in [9.17, 15) is 9.59 Å². The van der Waals surface area contributed by atoms with Crippen LogP contribution >= 0.6 is 0 Å². The summed E-state index contributed by atoms with van der Waals surface area (Å²) in [5, 5.41) is 11.7. The summed E-state index contributed by atoms with van der Waals surface area (Å²) in [6.45, 7) is 2.63. The molecule has 0 unspecified atom stereocenters. The molecule has 1 aromatic rings. The number of carboxylic acid groups (broad SMARTS) is 1. The van der Waals surface area contributed by atoms with Gasteiger partial charge in [0.25, 0.3) is 0 Å². The second-order valence-corrected chi connectivity index (χ2v) is 5.06. The minimum absolute atomic E-state index is 0.219. The Labute approximate surface area is 116 Å². The zero-order valence-corrected chi connectivity index (χ0v) is 11.3. The summed E-state index contributed by atoms with van der Waals surface area (Å²) in [4.78, 5) is 23.1. The van der Waals surface area contributed by atoms with Crippen molar-refractivity contribution in [3.05, 3.63) is 29.3 Å². The number of carboxylic acids is 1. The number of benzene rings is 1. The highest BCUT2D eigenvalue weighted by Crippen LogP contribution is 2.21. The largest absolute Gasteiger partial charge is 0.478 e. The molecule has 1 aliphatic heterocycles. The Morgan fingerprint density at radius 3 is 2.55 bits per heavy atom. The molecule has 4 N–H and O–H groups in total. The number of hydrogen-bond acceptors (Lipinski definition) is 4. The van der Waals surface area contributed by atoms with Gasteiger partial charge in [-0.05, 0) is 43.5 Å². The van der Waals surface area contributed by atoms with E-state index in [-0.39, 0.29) is 11.5 Å². The molecule has 0 atom stereocenters. The molecule has 1 fully saturated rings. The molecule has 0 bridgehead atoms. The number of rotatable bonds is 3. The first kappa shape index (κ1) is 14.5. The number of nitrogens with two attached hydrogens (primary N) is 1. The summed E-state index contributed by atoms with van der Waals surface area (Å²) in [7, 11) is 0. The van der Waals surface area contributed by atoms with Crippen molar-refractivity contribution in [1.82, 2.24) is 0 Å². The van der Waals surface area contributed by atoms with Gasteiger partial charge in [-0.1, -0.05) is 0 Å². The van der Waals surface area contributed by atoms with Crippen LogP contribution < -0.4 is 11.1 Å². The molecule has 0 aromatic heterocycles. The highest BCUT2D eigenvalue weighted by molar-refractivity contribution is 5.98. The molecule has 1 heterocycles. The monoisotopic (exact) mass is 278 g/mol. The zero-order valence-electron chi connectivity index (χ0n) is 11.3. The standard InChI is InChI=1S/C14H18N2O4/c1-9-8-10(2-3-11(9)12(17)18)16-13(19)14(15)4-6-20-7-5-14/h2-3,8H,4-7,15H2,1H3,(H,16,19)(H,17,18). The average molecular weight is 278 g/mol. The Bertz CT molecular complexity index is 536. The highest BCUT2D eigenvalue weighted by Gasteiger charge is 2.35. The third kappa shape index (κ3) is 2.97. The van der Waals surface area contributed by atoms with Crippen molar-refractivity contribution in [2.45, 2.75) is 25.3 Å². The lowest BCUT2D eigenvalue weighted by Gasteiger charge is -2.31. The normalized spacial score (nSPS) is 17.5. The van der Waals surface area contributed by atoms with Gasteiger partial charge in [0, 0.05) is 18.9 Å². The second-order valence-electron chi connectivity index (χ2n) is 5.06. The Morgan fingerprint density at radius 1 is 1.35 bits per heavy atom. The fourth-order valence-electron chi connectivity index (χ4n) is 2.20. The van der Waals surface area contributed by atoms with Gasteiger partial charge in [0.1, 0.15) is 5.54 Å². The van der Waals surface area contributed by atoms with Crippen molar-refractivity contribution < 1.29 is 19.4 Å². The minimum Gasteiger partial charge on any atom is -0.478 e. The van der Waals surface area contributed by atoms with Crippen molar-refractivity contribution in [2.24, 2.45) is 5.73 Å². The van der Waals surface area contributed by atoms with Crippen molar-refractivity contribution in [2.75, 3.05) is 18.5 Å². The van der Waals surface area contributed by atoms with E-state index < -0.39 is 11.5 Å². The van der Waals surface area contributed by atoms with Crippen LogP contribution in [-0.2, 0) is 9.53 Å². The number of aromatic carboxylic acids is 1. The van der Waals surface area contributed by atoms with Crippen molar-refractivity contribution in [3.8, 4) is 0 Å². The lowest BCUT2D eigenvalue weighted by molar-refractivity contribution is -0.124. The van der Waals surface area contributed by atoms with Gasteiger partial charge in [0.15, 0.2) is 0 Å². The van der Waals surface area contributed by atoms with Gasteiger partial charge < -0.3 is 20.9 Å². The van der Waals surface area contributed by atoms with E-state index in [0.29, 0.717) is 37.3 Å². The SMILES string of the molecule is Cc1cc(NC(=O)C2(N)CCOCC2)ccc1C(=O)O. The molecule has 0 spiro atoms. The van der Waals surface area contributed by atoms with Crippen LogP contribution in [0.1, 0.15) is 28.8 Å². The first-order valence-corrected chi connectivity index (χ1v) is 6.44. The Morgan fingerprint density at radius 2 is 2.00 bits per heavy atom. The maximum Gasteiger partial charge on any atom is 0.335 e. The van der Waals surface area contributed by atoms with Crippen molar-refractivity contribution in [3.63, 3.8) is 0 Å². The Kier molecular flexibility index (Phi) is 4.06. The number of amides is 1. The molecule has 1 aromatic carbocycles. The third-order valence-corrected chi connectivity index (χ3v) is 3.55. The Hall–Kier alpha value is -1.92. The van der Waals surface area contributed by atoms with E-state index >= 15 is 0 Å². The molecule has 1 amide bonds. The van der Waals surface area contributed by atoms with Gasteiger partial charge in [-0.3, -0.25) is 4.79 Å². The number of nitrogens with one attached hydrogen (secondary N) is 1. The molecule has 0 aliphatic carbocycles. The van der Waals surface area contributed by atoms with Gasteiger partial charge in [0.05, 0.1) is 5.56 Å². The third-order valence-electron chi connectivity index (χ3n) is 3.55. The average Bonchev–Trinajstić information content (AvgIpc) is 2.39. The summed E-state index contributed by atoms with van der Waals surface area (Å²) in [6, 6.07) is 4.67. The molecule has 0 radical (unpaired) electrons. The molecular formula is C14H18N2O4. The lowest BCUT2D eigenvalue weighted by Crippen LogP contribution is -2.54. The topological polar surface area (TPSA) is 102 Å². The molecule has 1 saturated heterocycles. The molecule has 6 nitrogen and oxygen atoms in total. The maximum absolute atomic E-state index is 12.2. The lowest BCUT2D eigenvalue weighted by atomic mass is 9.90. The van der Waals surface area contributed by atoms with Gasteiger partial charge in [0.2, 0.25) is 5.91 Å². The van der Waals surface area contributed by atoms with Crippen molar-refractivity contribution >= 4 is 17.6 Å². The molecule has 1 aliphatic rings. The van der Waals surface area contributed by atoms with E-state index in [4.69, 9.17) is 15.6 Å². The highest BCUT2D eigenvalue weighted by atomic mass is 16.5. The van der Waals surface area contributed by atoms with E-state index in [0.717, 1.165) is 0 Å². The van der Waals surface area contributed by atoms with Gasteiger partial charge in [-0.15, -0.1) is 0 Å². The quantitative estimate of drug-likeness (QED) is 0.769. The predicted molar refractivity (Wildman–Crippen MR) is 73.7 cm³/mol. The summed E-state index contributed by atoms with van der Waals surface area (Å²) in [5.74, 6) is -1.25. The van der Waals surface area contributed by atoms with Crippen LogP contribution in [0.25, 0.3) is 0 Å². The van der Waals surface area contributed by atoms with Gasteiger partial charge in [-0.25, -0.2) is 4.79 Å². The summed E-state index contributed by atoms with van der Waals surface area (Å²) < 4.78 is 5.20. The molecule has 0 saturated carbocycles.